The van der Waals surface area contributed by atoms with Crippen molar-refractivity contribution >= 4 is 17.9 Å². The summed E-state index contributed by atoms with van der Waals surface area (Å²) in [5.41, 5.74) is -0.643. The van der Waals surface area contributed by atoms with Crippen LogP contribution in [0.5, 0.6) is 0 Å². The Morgan fingerprint density at radius 3 is 2.23 bits per heavy atom. The molecule has 2 fully saturated rings. The molecule has 1 N–H and O–H groups in total. The van der Waals surface area contributed by atoms with E-state index in [2.05, 4.69) is 5.32 Å². The van der Waals surface area contributed by atoms with Crippen molar-refractivity contribution < 1.29 is 19.1 Å². The lowest BCUT2D eigenvalue weighted by Gasteiger charge is -2.36. The van der Waals surface area contributed by atoms with Crippen molar-refractivity contribution in [1.82, 2.24) is 15.1 Å². The first kappa shape index (κ1) is 16.7. The number of ether oxygens (including phenoxy) is 1. The second-order valence-corrected chi connectivity index (χ2v) is 6.93. The van der Waals surface area contributed by atoms with E-state index in [1.54, 1.807) is 20.8 Å². The summed E-state index contributed by atoms with van der Waals surface area (Å²) in [6.07, 6.45) is 1.32. The summed E-state index contributed by atoms with van der Waals surface area (Å²) in [5.74, 6) is -0.288. The van der Waals surface area contributed by atoms with Gasteiger partial charge >= 0.3 is 6.09 Å². The lowest BCUT2D eigenvalue weighted by molar-refractivity contribution is -0.152. The van der Waals surface area contributed by atoms with Crippen LogP contribution in [-0.2, 0) is 14.3 Å². The lowest BCUT2D eigenvalue weighted by Crippen LogP contribution is -2.57. The molecular formula is C15H25N3O4. The van der Waals surface area contributed by atoms with Crippen molar-refractivity contribution in [1.29, 1.82) is 0 Å². The van der Waals surface area contributed by atoms with Crippen molar-refractivity contribution in [2.75, 3.05) is 32.7 Å². The quantitative estimate of drug-likeness (QED) is 0.755. The third-order valence-electron chi connectivity index (χ3n) is 3.81. The maximum absolute atomic E-state index is 12.2. The molecule has 22 heavy (non-hydrogen) atoms. The summed E-state index contributed by atoms with van der Waals surface area (Å²) in [5, 5.41) is 3.26. The molecule has 0 atom stereocenters. The fourth-order valence-corrected chi connectivity index (χ4v) is 2.67. The minimum Gasteiger partial charge on any atom is -0.444 e. The van der Waals surface area contributed by atoms with Gasteiger partial charge in [0.25, 0.3) is 0 Å². The van der Waals surface area contributed by atoms with E-state index in [1.807, 2.05) is 0 Å². The highest BCUT2D eigenvalue weighted by molar-refractivity contribution is 6.01. The van der Waals surface area contributed by atoms with Crippen LogP contribution in [-0.4, -0.2) is 66.0 Å². The van der Waals surface area contributed by atoms with Crippen LogP contribution in [0.25, 0.3) is 0 Å². The van der Waals surface area contributed by atoms with Gasteiger partial charge in [0.15, 0.2) is 0 Å². The SMILES string of the molecule is CC(C)(C)OC(=O)N1CC(=O)N(CC2CCNCC2)C(=O)C1. The molecule has 2 aliphatic rings. The minimum atomic E-state index is -0.643. The van der Waals surface area contributed by atoms with Crippen molar-refractivity contribution in [3.8, 4) is 0 Å². The number of rotatable bonds is 2. The van der Waals surface area contributed by atoms with Crippen LogP contribution in [0.4, 0.5) is 4.79 Å². The van der Waals surface area contributed by atoms with Crippen molar-refractivity contribution in [3.63, 3.8) is 0 Å². The Kier molecular flexibility index (Phi) is 5.05. The van der Waals surface area contributed by atoms with E-state index in [4.69, 9.17) is 4.74 Å². The highest BCUT2D eigenvalue weighted by Crippen LogP contribution is 2.17. The Balaban J connectivity index is 1.92. The van der Waals surface area contributed by atoms with E-state index in [9.17, 15) is 14.4 Å². The molecule has 0 aliphatic carbocycles. The fourth-order valence-electron chi connectivity index (χ4n) is 2.67. The number of carbonyl (C=O) groups excluding carboxylic acids is 3. The number of amides is 3. The average Bonchev–Trinajstić information content (AvgIpc) is 2.42. The molecule has 2 saturated heterocycles. The summed E-state index contributed by atoms with van der Waals surface area (Å²) in [4.78, 5) is 38.8. The summed E-state index contributed by atoms with van der Waals surface area (Å²) < 4.78 is 5.21. The van der Waals surface area contributed by atoms with Crippen LogP contribution in [0.2, 0.25) is 0 Å². The van der Waals surface area contributed by atoms with Gasteiger partial charge in [0.2, 0.25) is 11.8 Å². The van der Waals surface area contributed by atoms with Gasteiger partial charge in [-0.05, 0) is 52.6 Å². The van der Waals surface area contributed by atoms with Gasteiger partial charge < -0.3 is 10.1 Å². The summed E-state index contributed by atoms with van der Waals surface area (Å²) >= 11 is 0. The van der Waals surface area contributed by atoms with Crippen molar-refractivity contribution in [2.24, 2.45) is 5.92 Å². The smallest absolute Gasteiger partial charge is 0.411 e. The predicted molar refractivity (Wildman–Crippen MR) is 80.1 cm³/mol. The molecule has 3 amide bonds. The van der Waals surface area contributed by atoms with Gasteiger partial charge in [-0.3, -0.25) is 19.4 Å². The van der Waals surface area contributed by atoms with Gasteiger partial charge in [-0.15, -0.1) is 0 Å². The maximum atomic E-state index is 12.2. The van der Waals surface area contributed by atoms with E-state index in [1.165, 1.54) is 9.80 Å². The standard InChI is InChI=1S/C15H25N3O4/c1-15(2,3)22-14(21)17-9-12(19)18(13(20)10-17)8-11-4-6-16-7-5-11/h11,16H,4-10H2,1-3H3. The number of imide groups is 1. The Hall–Kier alpha value is -1.63. The third-order valence-corrected chi connectivity index (χ3v) is 3.81. The van der Waals surface area contributed by atoms with E-state index >= 15 is 0 Å². The third kappa shape index (κ3) is 4.43. The average molecular weight is 311 g/mol. The van der Waals surface area contributed by atoms with Crippen LogP contribution in [0.3, 0.4) is 0 Å². The minimum absolute atomic E-state index is 0.0916. The highest BCUT2D eigenvalue weighted by atomic mass is 16.6. The zero-order chi connectivity index (χ0) is 16.3. The molecule has 0 spiro atoms. The monoisotopic (exact) mass is 311 g/mol. The van der Waals surface area contributed by atoms with Gasteiger partial charge in [0.05, 0.1) is 0 Å². The molecule has 124 valence electrons. The van der Waals surface area contributed by atoms with Gasteiger partial charge in [0.1, 0.15) is 18.7 Å². The second kappa shape index (κ2) is 6.64. The molecule has 7 heteroatoms. The fraction of sp³-hybridized carbons (Fsp3) is 0.800. The number of carbonyl (C=O) groups is 3. The molecule has 2 heterocycles. The summed E-state index contributed by atoms with van der Waals surface area (Å²) in [6, 6.07) is 0. The number of hydrogen-bond donors (Lipinski definition) is 1. The number of hydrogen-bond acceptors (Lipinski definition) is 5. The van der Waals surface area contributed by atoms with Crippen molar-refractivity contribution in [3.05, 3.63) is 0 Å². The molecule has 7 nitrogen and oxygen atoms in total. The van der Waals surface area contributed by atoms with Crippen LogP contribution in [0, 0.1) is 5.92 Å². The molecule has 0 bridgehead atoms. The second-order valence-electron chi connectivity index (χ2n) is 6.93. The Bertz CT molecular complexity index is 434. The summed E-state index contributed by atoms with van der Waals surface area (Å²) in [7, 11) is 0. The van der Waals surface area contributed by atoms with Crippen molar-refractivity contribution in [2.45, 2.75) is 39.2 Å². The highest BCUT2D eigenvalue weighted by Gasteiger charge is 2.36. The largest absolute Gasteiger partial charge is 0.444 e. The Labute approximate surface area is 131 Å². The molecular weight excluding hydrogens is 286 g/mol. The van der Waals surface area contributed by atoms with Crippen LogP contribution in [0.1, 0.15) is 33.6 Å². The molecule has 0 aromatic rings. The predicted octanol–water partition coefficient (Wildman–Crippen LogP) is 0.592. The Morgan fingerprint density at radius 1 is 1.18 bits per heavy atom. The first-order valence-electron chi connectivity index (χ1n) is 7.78. The molecule has 0 radical (unpaired) electrons. The van der Waals surface area contributed by atoms with Gasteiger partial charge in [0, 0.05) is 6.54 Å². The van der Waals surface area contributed by atoms with E-state index in [0.29, 0.717) is 12.5 Å². The molecule has 0 unspecified atom stereocenters. The molecule has 0 saturated carbocycles. The number of piperazine rings is 1. The first-order chi connectivity index (χ1) is 10.3. The Morgan fingerprint density at radius 2 is 1.73 bits per heavy atom. The van der Waals surface area contributed by atoms with Crippen LogP contribution in [0.15, 0.2) is 0 Å². The van der Waals surface area contributed by atoms with E-state index in [-0.39, 0.29) is 24.9 Å². The van der Waals surface area contributed by atoms with Gasteiger partial charge in [-0.1, -0.05) is 0 Å². The molecule has 0 aromatic carbocycles. The summed E-state index contributed by atoms with van der Waals surface area (Å²) in [6.45, 7) is 7.38. The first-order valence-corrected chi connectivity index (χ1v) is 7.78. The van der Waals surface area contributed by atoms with E-state index in [0.717, 1.165) is 25.9 Å². The topological polar surface area (TPSA) is 79.0 Å². The van der Waals surface area contributed by atoms with E-state index < -0.39 is 11.7 Å². The number of nitrogens with zero attached hydrogens (tertiary/aromatic N) is 2. The van der Waals surface area contributed by atoms with Gasteiger partial charge in [-0.25, -0.2) is 4.79 Å². The van der Waals surface area contributed by atoms with Gasteiger partial charge in [-0.2, -0.15) is 0 Å². The zero-order valence-corrected chi connectivity index (χ0v) is 13.6. The van der Waals surface area contributed by atoms with Crippen LogP contribution >= 0.6 is 0 Å². The molecule has 0 aromatic heterocycles. The van der Waals surface area contributed by atoms with Crippen LogP contribution < -0.4 is 5.32 Å². The number of piperidine rings is 1. The lowest BCUT2D eigenvalue weighted by atomic mass is 9.97. The normalized spacial score (nSPS) is 21.2. The zero-order valence-electron chi connectivity index (χ0n) is 13.6. The maximum Gasteiger partial charge on any atom is 0.411 e. The number of nitrogens with one attached hydrogen (secondary N) is 1. The molecule has 2 rings (SSSR count). The molecule has 2 aliphatic heterocycles.